The number of carboxylic acid groups (broad SMARTS) is 1. The molecule has 0 aliphatic heterocycles. The fourth-order valence-electron chi connectivity index (χ4n) is 2.14. The van der Waals surface area contributed by atoms with Gasteiger partial charge >= 0.3 is 5.97 Å². The van der Waals surface area contributed by atoms with Crippen LogP contribution in [0.1, 0.15) is 21.5 Å². The number of rotatable bonds is 3. The van der Waals surface area contributed by atoms with Crippen LogP contribution in [0.4, 0.5) is 0 Å². The van der Waals surface area contributed by atoms with Crippen molar-refractivity contribution >= 4 is 22.5 Å². The number of aryl methyl sites for hydroxylation is 1. The Balaban J connectivity index is 2.67. The standard InChI is InChI=1S/C16H14O3/c1-10-9-12-5-3-4-6-13(12)16(11(10)2)14(17)7-8-15(18)19/h3-9H,1-2H3,(H,18,19)/b8-7+. The van der Waals surface area contributed by atoms with E-state index in [4.69, 9.17) is 5.11 Å². The van der Waals surface area contributed by atoms with Crippen LogP contribution in [0.5, 0.6) is 0 Å². The lowest BCUT2D eigenvalue weighted by Gasteiger charge is -2.10. The van der Waals surface area contributed by atoms with Gasteiger partial charge in [0.2, 0.25) is 0 Å². The Kier molecular flexibility index (Phi) is 3.47. The molecule has 3 nitrogen and oxygen atoms in total. The summed E-state index contributed by atoms with van der Waals surface area (Å²) in [5, 5.41) is 10.4. The van der Waals surface area contributed by atoms with E-state index in [9.17, 15) is 9.59 Å². The van der Waals surface area contributed by atoms with Gasteiger partial charge in [-0.05, 0) is 41.8 Å². The average molecular weight is 254 g/mol. The lowest BCUT2D eigenvalue weighted by molar-refractivity contribution is -0.131. The first kappa shape index (κ1) is 13.0. The van der Waals surface area contributed by atoms with Crippen molar-refractivity contribution in [3.63, 3.8) is 0 Å². The molecule has 0 radical (unpaired) electrons. The minimum Gasteiger partial charge on any atom is -0.478 e. The van der Waals surface area contributed by atoms with E-state index < -0.39 is 5.97 Å². The number of hydrogen-bond donors (Lipinski definition) is 1. The molecule has 0 aromatic heterocycles. The monoisotopic (exact) mass is 254 g/mol. The zero-order chi connectivity index (χ0) is 14.0. The van der Waals surface area contributed by atoms with E-state index in [2.05, 4.69) is 0 Å². The number of fused-ring (bicyclic) bond motifs is 1. The molecule has 0 unspecified atom stereocenters. The van der Waals surface area contributed by atoms with Crippen molar-refractivity contribution in [3.8, 4) is 0 Å². The van der Waals surface area contributed by atoms with E-state index in [-0.39, 0.29) is 5.78 Å². The van der Waals surface area contributed by atoms with Crippen LogP contribution in [0, 0.1) is 13.8 Å². The van der Waals surface area contributed by atoms with Crippen LogP contribution in [-0.2, 0) is 4.79 Å². The van der Waals surface area contributed by atoms with Crippen LogP contribution in [0.25, 0.3) is 10.8 Å². The van der Waals surface area contributed by atoms with Crippen LogP contribution < -0.4 is 0 Å². The van der Waals surface area contributed by atoms with Crippen LogP contribution in [0.15, 0.2) is 42.5 Å². The maximum Gasteiger partial charge on any atom is 0.328 e. The molecule has 0 saturated heterocycles. The Morgan fingerprint density at radius 3 is 2.47 bits per heavy atom. The Hall–Kier alpha value is -2.42. The number of aliphatic carboxylic acids is 1. The van der Waals surface area contributed by atoms with Gasteiger partial charge in [-0.2, -0.15) is 0 Å². The minimum atomic E-state index is -1.12. The van der Waals surface area contributed by atoms with E-state index in [1.165, 1.54) is 0 Å². The summed E-state index contributed by atoms with van der Waals surface area (Å²) in [7, 11) is 0. The highest BCUT2D eigenvalue weighted by molar-refractivity contribution is 6.15. The Labute approximate surface area is 111 Å². The predicted octanol–water partition coefficient (Wildman–Crippen LogP) is 3.28. The minimum absolute atomic E-state index is 0.278. The van der Waals surface area contributed by atoms with E-state index in [0.29, 0.717) is 5.56 Å². The molecule has 0 fully saturated rings. The summed E-state index contributed by atoms with van der Waals surface area (Å²) < 4.78 is 0. The molecule has 0 aliphatic rings. The van der Waals surface area contributed by atoms with Crippen molar-refractivity contribution in [1.29, 1.82) is 0 Å². The van der Waals surface area contributed by atoms with Gasteiger partial charge in [0, 0.05) is 11.6 Å². The fourth-order valence-corrected chi connectivity index (χ4v) is 2.14. The molecule has 1 N–H and O–H groups in total. The second-order valence-electron chi connectivity index (χ2n) is 4.45. The number of carbonyl (C=O) groups is 2. The molecule has 2 aromatic rings. The third-order valence-electron chi connectivity index (χ3n) is 3.19. The zero-order valence-corrected chi connectivity index (χ0v) is 10.8. The number of hydrogen-bond acceptors (Lipinski definition) is 2. The number of carboxylic acids is 1. The average Bonchev–Trinajstić information content (AvgIpc) is 2.37. The van der Waals surface area contributed by atoms with Crippen molar-refractivity contribution in [2.24, 2.45) is 0 Å². The summed E-state index contributed by atoms with van der Waals surface area (Å²) in [6, 6.07) is 9.64. The summed E-state index contributed by atoms with van der Waals surface area (Å²) in [6.45, 7) is 3.82. The number of carbonyl (C=O) groups excluding carboxylic acids is 1. The lowest BCUT2D eigenvalue weighted by Crippen LogP contribution is -2.02. The summed E-state index contributed by atoms with van der Waals surface area (Å²) in [5.41, 5.74) is 2.48. The molecular formula is C16H14O3. The summed E-state index contributed by atoms with van der Waals surface area (Å²) in [6.07, 6.45) is 1.98. The molecule has 0 amide bonds. The Morgan fingerprint density at radius 1 is 1.11 bits per heavy atom. The number of allylic oxidation sites excluding steroid dienone is 1. The molecule has 0 heterocycles. The van der Waals surface area contributed by atoms with Gasteiger partial charge in [-0.1, -0.05) is 30.3 Å². The SMILES string of the molecule is Cc1cc2ccccc2c(C(=O)/C=C/C(=O)O)c1C. The zero-order valence-electron chi connectivity index (χ0n) is 10.8. The van der Waals surface area contributed by atoms with Crippen LogP contribution in [-0.4, -0.2) is 16.9 Å². The van der Waals surface area contributed by atoms with Crippen LogP contribution in [0.3, 0.4) is 0 Å². The van der Waals surface area contributed by atoms with Crippen molar-refractivity contribution in [2.45, 2.75) is 13.8 Å². The molecule has 3 heteroatoms. The second-order valence-corrected chi connectivity index (χ2v) is 4.45. The smallest absolute Gasteiger partial charge is 0.328 e. The normalized spacial score (nSPS) is 11.1. The highest BCUT2D eigenvalue weighted by Crippen LogP contribution is 2.26. The molecule has 0 bridgehead atoms. The number of benzene rings is 2. The second kappa shape index (κ2) is 5.06. The molecule has 2 aromatic carbocycles. The molecule has 0 saturated carbocycles. The quantitative estimate of drug-likeness (QED) is 0.675. The van der Waals surface area contributed by atoms with Gasteiger partial charge in [0.05, 0.1) is 0 Å². The highest BCUT2D eigenvalue weighted by atomic mass is 16.4. The van der Waals surface area contributed by atoms with Crippen molar-refractivity contribution in [1.82, 2.24) is 0 Å². The lowest BCUT2D eigenvalue weighted by atomic mass is 9.93. The summed E-state index contributed by atoms with van der Waals surface area (Å²) in [5.74, 6) is -1.40. The fraction of sp³-hybridized carbons (Fsp3) is 0.125. The molecular weight excluding hydrogens is 240 g/mol. The van der Waals surface area contributed by atoms with Crippen molar-refractivity contribution in [3.05, 3.63) is 59.2 Å². The first-order valence-electron chi connectivity index (χ1n) is 5.95. The molecule has 0 spiro atoms. The largest absolute Gasteiger partial charge is 0.478 e. The Bertz CT molecular complexity index is 696. The Morgan fingerprint density at radius 2 is 1.79 bits per heavy atom. The van der Waals surface area contributed by atoms with Crippen molar-refractivity contribution < 1.29 is 14.7 Å². The molecule has 2 rings (SSSR count). The van der Waals surface area contributed by atoms with Gasteiger partial charge in [0.1, 0.15) is 0 Å². The third-order valence-corrected chi connectivity index (χ3v) is 3.19. The van der Waals surface area contributed by atoms with Gasteiger partial charge < -0.3 is 5.11 Å². The third kappa shape index (κ3) is 2.55. The van der Waals surface area contributed by atoms with Gasteiger partial charge in [0.25, 0.3) is 0 Å². The molecule has 0 aliphatic carbocycles. The van der Waals surface area contributed by atoms with Gasteiger partial charge in [-0.25, -0.2) is 4.79 Å². The van der Waals surface area contributed by atoms with Crippen LogP contribution in [0.2, 0.25) is 0 Å². The van der Waals surface area contributed by atoms with Gasteiger partial charge in [0.15, 0.2) is 5.78 Å². The van der Waals surface area contributed by atoms with Crippen molar-refractivity contribution in [2.75, 3.05) is 0 Å². The molecule has 19 heavy (non-hydrogen) atoms. The van der Waals surface area contributed by atoms with Crippen LogP contribution >= 0.6 is 0 Å². The number of ketones is 1. The predicted molar refractivity (Wildman–Crippen MR) is 74.5 cm³/mol. The topological polar surface area (TPSA) is 54.4 Å². The van der Waals surface area contributed by atoms with E-state index in [1.54, 1.807) is 0 Å². The first-order chi connectivity index (χ1) is 9.00. The van der Waals surface area contributed by atoms with Gasteiger partial charge in [-0.15, -0.1) is 0 Å². The molecule has 0 atom stereocenters. The summed E-state index contributed by atoms with van der Waals surface area (Å²) >= 11 is 0. The summed E-state index contributed by atoms with van der Waals surface area (Å²) in [4.78, 5) is 22.7. The maximum absolute atomic E-state index is 12.2. The highest BCUT2D eigenvalue weighted by Gasteiger charge is 2.13. The van der Waals surface area contributed by atoms with E-state index >= 15 is 0 Å². The molecule has 96 valence electrons. The van der Waals surface area contributed by atoms with E-state index in [0.717, 1.165) is 34.1 Å². The van der Waals surface area contributed by atoms with Gasteiger partial charge in [-0.3, -0.25) is 4.79 Å². The maximum atomic E-state index is 12.2. The first-order valence-corrected chi connectivity index (χ1v) is 5.95. The van der Waals surface area contributed by atoms with E-state index in [1.807, 2.05) is 44.2 Å².